The molecule has 1 fully saturated rings. The van der Waals surface area contributed by atoms with E-state index >= 15 is 0 Å². The summed E-state index contributed by atoms with van der Waals surface area (Å²) in [6.45, 7) is 13.1. The summed E-state index contributed by atoms with van der Waals surface area (Å²) >= 11 is 0. The van der Waals surface area contributed by atoms with Crippen LogP contribution in [0.2, 0.25) is 0 Å². The number of rotatable bonds is 1. The number of hydrogen-bond acceptors (Lipinski definition) is 5. The third kappa shape index (κ3) is 5.53. The summed E-state index contributed by atoms with van der Waals surface area (Å²) in [5.74, 6) is -1.75. The lowest BCUT2D eigenvalue weighted by molar-refractivity contribution is -0.163. The number of carbonyl (C=O) groups excluding carboxylic acids is 2. The van der Waals surface area contributed by atoms with Crippen molar-refractivity contribution in [3.05, 3.63) is 0 Å². The largest absolute Gasteiger partial charge is 0.462 e. The molecule has 1 rings (SSSR count). The van der Waals surface area contributed by atoms with Gasteiger partial charge in [0.05, 0.1) is 18.1 Å². The fourth-order valence-electron chi connectivity index (χ4n) is 4.30. The number of aliphatic hydroxyl groups excluding tert-OH is 2. The smallest absolute Gasteiger partial charge is 0.311 e. The molecule has 0 unspecified atom stereocenters. The Balaban J connectivity index is 3.13. The summed E-state index contributed by atoms with van der Waals surface area (Å²) in [5, 5.41) is 21.2. The molecule has 1 saturated heterocycles. The van der Waals surface area contributed by atoms with E-state index < -0.39 is 30.0 Å². The molecule has 152 valence electrons. The van der Waals surface area contributed by atoms with Crippen LogP contribution in [0.5, 0.6) is 0 Å². The van der Waals surface area contributed by atoms with E-state index in [0.717, 1.165) is 0 Å². The molecule has 5 heteroatoms. The van der Waals surface area contributed by atoms with E-state index in [1.807, 2.05) is 34.6 Å². The van der Waals surface area contributed by atoms with Gasteiger partial charge in [-0.1, -0.05) is 41.5 Å². The molecule has 0 saturated carbocycles. The van der Waals surface area contributed by atoms with E-state index in [1.165, 1.54) is 0 Å². The zero-order chi connectivity index (χ0) is 20.2. The van der Waals surface area contributed by atoms with Crippen LogP contribution in [0.1, 0.15) is 67.7 Å². The fourth-order valence-corrected chi connectivity index (χ4v) is 4.30. The van der Waals surface area contributed by atoms with Gasteiger partial charge < -0.3 is 14.9 Å². The lowest BCUT2D eigenvalue weighted by Gasteiger charge is -2.34. The van der Waals surface area contributed by atoms with Crippen molar-refractivity contribution < 1.29 is 24.5 Å². The average molecular weight is 371 g/mol. The molecule has 1 aliphatic heterocycles. The highest BCUT2D eigenvalue weighted by Gasteiger charge is 2.37. The number of hydrogen-bond donors (Lipinski definition) is 2. The number of ketones is 1. The van der Waals surface area contributed by atoms with E-state index in [9.17, 15) is 19.8 Å². The Labute approximate surface area is 158 Å². The number of ether oxygens (including phenoxy) is 1. The van der Waals surface area contributed by atoms with Gasteiger partial charge in [-0.05, 0) is 38.0 Å². The van der Waals surface area contributed by atoms with Crippen molar-refractivity contribution in [1.29, 1.82) is 0 Å². The van der Waals surface area contributed by atoms with Gasteiger partial charge in [0.15, 0.2) is 0 Å². The second kappa shape index (κ2) is 9.84. The predicted molar refractivity (Wildman–Crippen MR) is 101 cm³/mol. The van der Waals surface area contributed by atoms with Crippen LogP contribution in [0.25, 0.3) is 0 Å². The molecule has 0 radical (unpaired) electrons. The molecule has 1 heterocycles. The Morgan fingerprint density at radius 2 is 1.38 bits per heavy atom. The summed E-state index contributed by atoms with van der Waals surface area (Å²) in [6.07, 6.45) is -0.132. The van der Waals surface area contributed by atoms with Gasteiger partial charge in [-0.15, -0.1) is 0 Å². The Kier molecular flexibility index (Phi) is 8.74. The first-order valence-corrected chi connectivity index (χ1v) is 10.1. The predicted octanol–water partition coefficient (Wildman–Crippen LogP) is 3.21. The Morgan fingerprint density at radius 1 is 0.885 bits per heavy atom. The van der Waals surface area contributed by atoms with Crippen LogP contribution in [0.15, 0.2) is 0 Å². The molecule has 9 atom stereocenters. The van der Waals surface area contributed by atoms with Gasteiger partial charge in [-0.25, -0.2) is 0 Å². The Hall–Kier alpha value is -0.940. The Morgan fingerprint density at radius 3 is 1.88 bits per heavy atom. The van der Waals surface area contributed by atoms with Crippen molar-refractivity contribution >= 4 is 11.8 Å². The molecular formula is C21H38O5. The number of Topliss-reactive ketones (excluding diaryl/α,β-unsaturated/α-hetero) is 1. The lowest BCUT2D eigenvalue weighted by atomic mass is 9.78. The summed E-state index contributed by atoms with van der Waals surface area (Å²) < 4.78 is 5.67. The minimum atomic E-state index is -0.986. The van der Waals surface area contributed by atoms with Gasteiger partial charge in [0, 0.05) is 17.8 Å². The minimum Gasteiger partial charge on any atom is -0.462 e. The van der Waals surface area contributed by atoms with Crippen LogP contribution in [-0.4, -0.2) is 40.3 Å². The van der Waals surface area contributed by atoms with Crippen molar-refractivity contribution in [3.63, 3.8) is 0 Å². The second-order valence-electron chi connectivity index (χ2n) is 8.64. The van der Waals surface area contributed by atoms with Gasteiger partial charge in [-0.2, -0.15) is 0 Å². The van der Waals surface area contributed by atoms with E-state index in [4.69, 9.17) is 4.74 Å². The number of esters is 1. The van der Waals surface area contributed by atoms with E-state index in [-0.39, 0.29) is 35.6 Å². The second-order valence-corrected chi connectivity index (χ2v) is 8.64. The van der Waals surface area contributed by atoms with Crippen molar-refractivity contribution in [2.45, 2.75) is 86.0 Å². The van der Waals surface area contributed by atoms with Crippen LogP contribution in [0, 0.1) is 35.5 Å². The zero-order valence-electron chi connectivity index (χ0n) is 17.4. The molecule has 0 bridgehead atoms. The molecule has 0 aromatic heterocycles. The molecule has 0 spiro atoms. The maximum Gasteiger partial charge on any atom is 0.311 e. The van der Waals surface area contributed by atoms with E-state index in [1.54, 1.807) is 13.8 Å². The van der Waals surface area contributed by atoms with Crippen LogP contribution >= 0.6 is 0 Å². The van der Waals surface area contributed by atoms with Gasteiger partial charge in [0.25, 0.3) is 0 Å². The monoisotopic (exact) mass is 370 g/mol. The summed E-state index contributed by atoms with van der Waals surface area (Å²) in [5.41, 5.74) is 0. The molecule has 2 N–H and O–H groups in total. The zero-order valence-corrected chi connectivity index (χ0v) is 17.4. The van der Waals surface area contributed by atoms with Crippen LogP contribution < -0.4 is 0 Å². The van der Waals surface area contributed by atoms with Crippen molar-refractivity contribution in [2.24, 2.45) is 35.5 Å². The van der Waals surface area contributed by atoms with E-state index in [0.29, 0.717) is 19.3 Å². The maximum absolute atomic E-state index is 12.7. The lowest BCUT2D eigenvalue weighted by Crippen LogP contribution is -2.42. The maximum atomic E-state index is 12.7. The summed E-state index contributed by atoms with van der Waals surface area (Å²) in [6, 6.07) is 0. The van der Waals surface area contributed by atoms with Gasteiger partial charge in [0.2, 0.25) is 0 Å². The van der Waals surface area contributed by atoms with Crippen molar-refractivity contribution in [2.75, 3.05) is 0 Å². The number of carbonyl (C=O) groups is 2. The highest BCUT2D eigenvalue weighted by atomic mass is 16.5. The first kappa shape index (κ1) is 23.1. The topological polar surface area (TPSA) is 83.8 Å². The average Bonchev–Trinajstić information content (AvgIpc) is 2.61. The molecule has 0 amide bonds. The van der Waals surface area contributed by atoms with Gasteiger partial charge in [0.1, 0.15) is 11.9 Å². The third-order valence-corrected chi connectivity index (χ3v) is 6.27. The fraction of sp³-hybridized carbons (Fsp3) is 0.905. The van der Waals surface area contributed by atoms with Crippen molar-refractivity contribution in [3.8, 4) is 0 Å². The molecular weight excluding hydrogens is 332 g/mol. The molecule has 5 nitrogen and oxygen atoms in total. The highest BCUT2D eigenvalue weighted by molar-refractivity contribution is 5.82. The quantitative estimate of drug-likeness (QED) is 0.693. The molecule has 1 aliphatic rings. The highest BCUT2D eigenvalue weighted by Crippen LogP contribution is 2.30. The molecule has 26 heavy (non-hydrogen) atoms. The number of cyclic esters (lactones) is 1. The molecule has 0 aromatic carbocycles. The van der Waals surface area contributed by atoms with Crippen LogP contribution in [0.4, 0.5) is 0 Å². The van der Waals surface area contributed by atoms with Gasteiger partial charge >= 0.3 is 5.97 Å². The first-order valence-electron chi connectivity index (χ1n) is 10.1. The SMILES string of the molecule is CC[C@H]1OC(=O)[C@H](C)[C@@H](O)[C@H](C)[C@@H](O)[C@@H](C)C[C@@H](C)C(=O)[C@H](C)C[C@H]1C. The third-order valence-electron chi connectivity index (χ3n) is 6.27. The molecule has 0 aromatic rings. The van der Waals surface area contributed by atoms with Crippen LogP contribution in [0.3, 0.4) is 0 Å². The minimum absolute atomic E-state index is 0.0721. The summed E-state index contributed by atoms with van der Waals surface area (Å²) in [7, 11) is 0. The number of aliphatic hydroxyl groups is 2. The first-order chi connectivity index (χ1) is 12.0. The van der Waals surface area contributed by atoms with Crippen LogP contribution in [-0.2, 0) is 14.3 Å². The standard InChI is InChI=1S/C21H38O5/c1-8-17-11(2)9-12(3)18(22)13(4)10-14(5)19(23)15(6)20(24)16(7)21(25)26-17/h11-17,19-20,23-24H,8-10H2,1-7H3/t11-,12-,13-,14+,15-,16-,17-,19+,20+/m1/s1. The normalized spacial score (nSPS) is 44.3. The molecule has 0 aliphatic carbocycles. The van der Waals surface area contributed by atoms with Crippen molar-refractivity contribution in [1.82, 2.24) is 0 Å². The van der Waals surface area contributed by atoms with E-state index in [2.05, 4.69) is 0 Å². The summed E-state index contributed by atoms with van der Waals surface area (Å²) in [4.78, 5) is 25.2. The Bertz CT molecular complexity index is 477. The van der Waals surface area contributed by atoms with Gasteiger partial charge in [-0.3, -0.25) is 9.59 Å².